The van der Waals surface area contributed by atoms with Crippen molar-refractivity contribution in [3.05, 3.63) is 0 Å². The number of carbonyl (C=O) groups excluding carboxylic acids is 1. The van der Waals surface area contributed by atoms with Crippen molar-refractivity contribution in [2.75, 3.05) is 24.8 Å². The zero-order valence-corrected chi connectivity index (χ0v) is 11.0. The van der Waals surface area contributed by atoms with Gasteiger partial charge in [-0.05, 0) is 12.8 Å². The predicted molar refractivity (Wildman–Crippen MR) is 69.1 cm³/mol. The molecule has 0 aromatic rings. The lowest BCUT2D eigenvalue weighted by Gasteiger charge is -2.02. The quantitative estimate of drug-likeness (QED) is 0.347. The Morgan fingerprint density at radius 1 is 1.33 bits per heavy atom. The molecular formula is C10H21NO2S2. The van der Waals surface area contributed by atoms with Crippen LogP contribution in [-0.4, -0.2) is 30.6 Å². The van der Waals surface area contributed by atoms with Crippen molar-refractivity contribution >= 4 is 27.4 Å². The summed E-state index contributed by atoms with van der Waals surface area (Å²) in [5, 5.41) is 0. The maximum Gasteiger partial charge on any atom is 0.132 e. The molecule has 0 amide bonds. The lowest BCUT2D eigenvalue weighted by atomic mass is 10.1. The topological polar surface area (TPSA) is 52.3 Å². The third-order valence-electron chi connectivity index (χ3n) is 1.80. The second-order valence-corrected chi connectivity index (χ2v) is 5.63. The van der Waals surface area contributed by atoms with Crippen molar-refractivity contribution < 1.29 is 9.53 Å². The number of hydrogen-bond donors (Lipinski definition) is 1. The molecule has 0 spiro atoms. The first kappa shape index (κ1) is 15.3. The number of ether oxygens (including phenoxy) is 1. The van der Waals surface area contributed by atoms with E-state index in [9.17, 15) is 4.79 Å². The molecule has 0 saturated heterocycles. The Hall–Kier alpha value is 0.290. The molecule has 15 heavy (non-hydrogen) atoms. The summed E-state index contributed by atoms with van der Waals surface area (Å²) in [6, 6.07) is 0. The normalized spacial score (nSPS) is 10.5. The van der Waals surface area contributed by atoms with E-state index in [1.54, 1.807) is 21.6 Å². The maximum absolute atomic E-state index is 11.0. The van der Waals surface area contributed by atoms with Crippen LogP contribution >= 0.6 is 21.6 Å². The molecule has 0 aliphatic heterocycles. The summed E-state index contributed by atoms with van der Waals surface area (Å²) in [6.45, 7) is 3.38. The summed E-state index contributed by atoms with van der Waals surface area (Å²) >= 11 is 0. The van der Waals surface area contributed by atoms with Gasteiger partial charge in [-0.3, -0.25) is 4.79 Å². The van der Waals surface area contributed by atoms with E-state index in [0.29, 0.717) is 24.6 Å². The number of nitrogens with two attached hydrogens (primary N) is 1. The summed E-state index contributed by atoms with van der Waals surface area (Å²) in [6.07, 6.45) is 3.29. The van der Waals surface area contributed by atoms with Gasteiger partial charge in [-0.2, -0.15) is 0 Å². The Bertz CT molecular complexity index is 156. The molecule has 3 nitrogen and oxygen atoms in total. The van der Waals surface area contributed by atoms with Gasteiger partial charge in [0.2, 0.25) is 0 Å². The fraction of sp³-hybridized carbons (Fsp3) is 0.900. The molecule has 0 aliphatic carbocycles. The number of carbonyl (C=O) groups is 1. The predicted octanol–water partition coefficient (Wildman–Crippen LogP) is 2.45. The van der Waals surface area contributed by atoms with Gasteiger partial charge in [0.15, 0.2) is 0 Å². The molecule has 0 radical (unpaired) electrons. The maximum atomic E-state index is 11.0. The van der Waals surface area contributed by atoms with Gasteiger partial charge < -0.3 is 10.5 Å². The second-order valence-electron chi connectivity index (χ2n) is 3.10. The third-order valence-corrected chi connectivity index (χ3v) is 3.93. The minimum Gasteiger partial charge on any atom is -0.370 e. The zero-order chi connectivity index (χ0) is 11.4. The number of unbranched alkanes of at least 4 members (excludes halogenated alkanes) is 1. The fourth-order valence-corrected chi connectivity index (χ4v) is 2.46. The molecule has 0 bridgehead atoms. The smallest absolute Gasteiger partial charge is 0.132 e. The van der Waals surface area contributed by atoms with E-state index in [1.807, 2.05) is 6.92 Å². The highest BCUT2D eigenvalue weighted by Crippen LogP contribution is 2.19. The van der Waals surface area contributed by atoms with Crippen molar-refractivity contribution in [1.29, 1.82) is 0 Å². The highest BCUT2D eigenvalue weighted by Gasteiger charge is 1.97. The molecule has 0 unspecified atom stereocenters. The van der Waals surface area contributed by atoms with Crippen LogP contribution in [0.1, 0.15) is 32.6 Å². The summed E-state index contributed by atoms with van der Waals surface area (Å²) in [5.74, 6) is 2.04. The molecule has 0 aromatic carbocycles. The van der Waals surface area contributed by atoms with Gasteiger partial charge in [-0.15, -0.1) is 0 Å². The van der Waals surface area contributed by atoms with Crippen LogP contribution in [-0.2, 0) is 9.53 Å². The monoisotopic (exact) mass is 251 g/mol. The van der Waals surface area contributed by atoms with Crippen LogP contribution in [0, 0.1) is 0 Å². The van der Waals surface area contributed by atoms with E-state index in [0.717, 1.165) is 31.7 Å². The van der Waals surface area contributed by atoms with Crippen LogP contribution in [0.5, 0.6) is 0 Å². The average Bonchev–Trinajstić information content (AvgIpc) is 2.26. The van der Waals surface area contributed by atoms with Gasteiger partial charge in [0.25, 0.3) is 0 Å². The third kappa shape index (κ3) is 12.2. The molecule has 5 heteroatoms. The van der Waals surface area contributed by atoms with Crippen molar-refractivity contribution in [3.63, 3.8) is 0 Å². The second kappa shape index (κ2) is 12.4. The first-order valence-corrected chi connectivity index (χ1v) is 7.84. The van der Waals surface area contributed by atoms with Crippen LogP contribution in [0.15, 0.2) is 0 Å². The Kier molecular flexibility index (Phi) is 12.6. The van der Waals surface area contributed by atoms with Crippen LogP contribution in [0.25, 0.3) is 0 Å². The van der Waals surface area contributed by atoms with Crippen molar-refractivity contribution in [3.8, 4) is 0 Å². The van der Waals surface area contributed by atoms with E-state index in [2.05, 4.69) is 0 Å². The lowest BCUT2D eigenvalue weighted by Crippen LogP contribution is -2.00. The molecule has 0 fully saturated rings. The summed E-state index contributed by atoms with van der Waals surface area (Å²) in [7, 11) is 3.43. The summed E-state index contributed by atoms with van der Waals surface area (Å²) < 4.78 is 5.39. The van der Waals surface area contributed by atoms with Gasteiger partial charge in [0.05, 0.1) is 0 Å². The van der Waals surface area contributed by atoms with Gasteiger partial charge in [0, 0.05) is 31.7 Å². The average molecular weight is 251 g/mol. The minimum atomic E-state index is 0.350. The van der Waals surface area contributed by atoms with Crippen LogP contribution in [0.3, 0.4) is 0 Å². The number of ketones is 1. The van der Waals surface area contributed by atoms with E-state index >= 15 is 0 Å². The van der Waals surface area contributed by atoms with Crippen LogP contribution in [0.2, 0.25) is 0 Å². The van der Waals surface area contributed by atoms with Gasteiger partial charge in [0.1, 0.15) is 11.7 Å². The van der Waals surface area contributed by atoms with E-state index in [1.165, 1.54) is 0 Å². The molecule has 2 N–H and O–H groups in total. The van der Waals surface area contributed by atoms with Gasteiger partial charge in [-0.25, -0.2) is 0 Å². The lowest BCUT2D eigenvalue weighted by molar-refractivity contribution is -0.118. The first-order valence-electron chi connectivity index (χ1n) is 5.35. The van der Waals surface area contributed by atoms with Gasteiger partial charge in [-0.1, -0.05) is 28.5 Å². The Morgan fingerprint density at radius 3 is 2.80 bits per heavy atom. The largest absolute Gasteiger partial charge is 0.370 e. The van der Waals surface area contributed by atoms with Gasteiger partial charge >= 0.3 is 0 Å². The Labute approximate surface area is 100 Å². The summed E-state index contributed by atoms with van der Waals surface area (Å²) in [5.41, 5.74) is 5.34. The molecule has 90 valence electrons. The first-order chi connectivity index (χ1) is 7.31. The van der Waals surface area contributed by atoms with Crippen molar-refractivity contribution in [2.24, 2.45) is 5.73 Å². The minimum absolute atomic E-state index is 0.350. The van der Waals surface area contributed by atoms with Crippen LogP contribution < -0.4 is 5.73 Å². The van der Waals surface area contributed by atoms with Crippen molar-refractivity contribution in [2.45, 2.75) is 32.6 Å². The van der Waals surface area contributed by atoms with E-state index in [4.69, 9.17) is 10.5 Å². The highest BCUT2D eigenvalue weighted by atomic mass is 33.1. The molecule has 0 aliphatic rings. The molecule has 0 aromatic heterocycles. The van der Waals surface area contributed by atoms with Crippen molar-refractivity contribution in [1.82, 2.24) is 0 Å². The summed E-state index contributed by atoms with van der Waals surface area (Å²) in [4.78, 5) is 11.0. The van der Waals surface area contributed by atoms with Crippen LogP contribution in [0.4, 0.5) is 0 Å². The zero-order valence-electron chi connectivity index (χ0n) is 9.37. The molecule has 0 rings (SSSR count). The number of hydrogen-bond acceptors (Lipinski definition) is 5. The number of rotatable bonds is 11. The highest BCUT2D eigenvalue weighted by molar-refractivity contribution is 8.76. The SMILES string of the molecule is CCC(=O)CCCCOCSSCCN. The number of Topliss-reactive ketones (excluding diaryl/α,β-unsaturated/α-hetero) is 1. The van der Waals surface area contributed by atoms with E-state index in [-0.39, 0.29) is 0 Å². The standard InChI is InChI=1S/C10H21NO2S2/c1-2-10(12)5-3-4-7-13-9-15-14-8-6-11/h2-9,11H2,1H3. The molecule has 0 saturated carbocycles. The molecule has 0 heterocycles. The molecular weight excluding hydrogens is 230 g/mol. The van der Waals surface area contributed by atoms with E-state index < -0.39 is 0 Å². The Balaban J connectivity index is 2.95. The fourth-order valence-electron chi connectivity index (χ4n) is 0.937. The Morgan fingerprint density at radius 2 is 2.13 bits per heavy atom. The molecule has 0 atom stereocenters.